The van der Waals surface area contributed by atoms with Gasteiger partial charge in [-0.1, -0.05) is 6.42 Å². The minimum atomic E-state index is -0.803. The summed E-state index contributed by atoms with van der Waals surface area (Å²) in [6.07, 6.45) is 2.87. The van der Waals surface area contributed by atoms with E-state index in [1.807, 2.05) is 0 Å². The van der Waals surface area contributed by atoms with Crippen molar-refractivity contribution in [3.63, 3.8) is 0 Å². The molecule has 2 aliphatic rings. The van der Waals surface area contributed by atoms with Crippen molar-refractivity contribution in [1.82, 2.24) is 10.2 Å². The summed E-state index contributed by atoms with van der Waals surface area (Å²) in [5.41, 5.74) is 0. The van der Waals surface area contributed by atoms with E-state index in [9.17, 15) is 9.18 Å². The average Bonchev–Trinajstić information content (AvgIpc) is 2.65. The fourth-order valence-corrected chi connectivity index (χ4v) is 2.20. The van der Waals surface area contributed by atoms with Gasteiger partial charge in [0.25, 0.3) is 0 Å². The number of nitrogens with one attached hydrogen (secondary N) is 1. The third-order valence-electron chi connectivity index (χ3n) is 3.05. The number of likely N-dealkylation sites (tertiary alicyclic amines) is 1. The molecule has 2 heterocycles. The number of piperidine rings is 1. The molecule has 0 unspecified atom stereocenters. The van der Waals surface area contributed by atoms with Gasteiger partial charge in [0.05, 0.1) is 12.6 Å². The van der Waals surface area contributed by atoms with E-state index in [1.165, 1.54) is 0 Å². The molecule has 4 heteroatoms. The zero-order valence-corrected chi connectivity index (χ0v) is 8.34. The quantitative estimate of drug-likeness (QED) is 0.675. The molecule has 0 saturated carbocycles. The molecule has 3 nitrogen and oxygen atoms in total. The second-order valence-electron chi connectivity index (χ2n) is 4.17. The number of rotatable bonds is 1. The number of halogens is 1. The highest BCUT2D eigenvalue weighted by molar-refractivity contribution is 5.82. The Morgan fingerprint density at radius 2 is 2.21 bits per heavy atom. The standard InChI is InChI=1S/C10H17FN2O/c11-8-4-6-13(7-8)10(14)9-3-1-2-5-12-9/h8-9,12H,1-7H2/t8-,9-/m0/s1. The van der Waals surface area contributed by atoms with Gasteiger partial charge in [-0.05, 0) is 25.8 Å². The van der Waals surface area contributed by atoms with Crippen LogP contribution in [0.4, 0.5) is 4.39 Å². The Balaban J connectivity index is 1.87. The highest BCUT2D eigenvalue weighted by Crippen LogP contribution is 2.16. The molecular formula is C10H17FN2O. The Labute approximate surface area is 83.6 Å². The van der Waals surface area contributed by atoms with Gasteiger partial charge in [0.15, 0.2) is 0 Å². The van der Waals surface area contributed by atoms with E-state index in [2.05, 4.69) is 5.32 Å². The van der Waals surface area contributed by atoms with E-state index >= 15 is 0 Å². The van der Waals surface area contributed by atoms with Gasteiger partial charge in [0.1, 0.15) is 6.17 Å². The molecule has 2 atom stereocenters. The van der Waals surface area contributed by atoms with E-state index in [1.54, 1.807) is 4.90 Å². The molecule has 0 radical (unpaired) electrons. The minimum Gasteiger partial charge on any atom is -0.338 e. The van der Waals surface area contributed by atoms with Gasteiger partial charge in [-0.25, -0.2) is 4.39 Å². The topological polar surface area (TPSA) is 32.3 Å². The molecule has 2 saturated heterocycles. The summed E-state index contributed by atoms with van der Waals surface area (Å²) < 4.78 is 12.9. The summed E-state index contributed by atoms with van der Waals surface area (Å²) >= 11 is 0. The molecule has 0 spiro atoms. The van der Waals surface area contributed by atoms with E-state index in [0.29, 0.717) is 19.5 Å². The lowest BCUT2D eigenvalue weighted by Crippen LogP contribution is -2.47. The number of carbonyl (C=O) groups excluding carboxylic acids is 1. The van der Waals surface area contributed by atoms with Crippen LogP contribution in [0.15, 0.2) is 0 Å². The zero-order valence-electron chi connectivity index (χ0n) is 8.34. The SMILES string of the molecule is O=C([C@@H]1CCCCN1)N1CC[C@H](F)C1. The Morgan fingerprint density at radius 3 is 2.79 bits per heavy atom. The molecule has 0 aromatic rings. The lowest BCUT2D eigenvalue weighted by molar-refractivity contribution is -0.133. The second-order valence-corrected chi connectivity index (χ2v) is 4.17. The third kappa shape index (κ3) is 2.05. The summed E-state index contributed by atoms with van der Waals surface area (Å²) in [4.78, 5) is 13.5. The molecule has 14 heavy (non-hydrogen) atoms. The van der Waals surface area contributed by atoms with Crippen molar-refractivity contribution in [2.45, 2.75) is 37.9 Å². The molecule has 1 amide bonds. The van der Waals surface area contributed by atoms with Crippen LogP contribution in [-0.2, 0) is 4.79 Å². The lowest BCUT2D eigenvalue weighted by atomic mass is 10.0. The smallest absolute Gasteiger partial charge is 0.239 e. The largest absolute Gasteiger partial charge is 0.338 e. The summed E-state index contributed by atoms with van der Waals surface area (Å²) in [6, 6.07) is -0.0472. The zero-order chi connectivity index (χ0) is 9.97. The van der Waals surface area contributed by atoms with Crippen LogP contribution in [-0.4, -0.2) is 42.7 Å². The molecule has 0 bridgehead atoms. The Morgan fingerprint density at radius 1 is 1.36 bits per heavy atom. The van der Waals surface area contributed by atoms with Gasteiger partial charge in [-0.3, -0.25) is 4.79 Å². The van der Waals surface area contributed by atoms with Crippen molar-refractivity contribution in [2.24, 2.45) is 0 Å². The average molecular weight is 200 g/mol. The first kappa shape index (κ1) is 9.90. The normalized spacial score (nSPS) is 33.4. The molecule has 80 valence electrons. The van der Waals surface area contributed by atoms with Crippen molar-refractivity contribution in [1.29, 1.82) is 0 Å². The Hall–Kier alpha value is -0.640. The third-order valence-corrected chi connectivity index (χ3v) is 3.05. The van der Waals surface area contributed by atoms with Gasteiger partial charge in [-0.2, -0.15) is 0 Å². The molecular weight excluding hydrogens is 183 g/mol. The van der Waals surface area contributed by atoms with Gasteiger partial charge in [0, 0.05) is 6.54 Å². The lowest BCUT2D eigenvalue weighted by Gasteiger charge is -2.26. The first-order valence-electron chi connectivity index (χ1n) is 5.43. The van der Waals surface area contributed by atoms with E-state index in [0.717, 1.165) is 25.8 Å². The summed E-state index contributed by atoms with van der Waals surface area (Å²) in [5.74, 6) is 0.102. The van der Waals surface area contributed by atoms with Crippen LogP contribution >= 0.6 is 0 Å². The molecule has 0 aromatic carbocycles. The van der Waals surface area contributed by atoms with Crippen molar-refractivity contribution < 1.29 is 9.18 Å². The van der Waals surface area contributed by atoms with Gasteiger partial charge >= 0.3 is 0 Å². The predicted molar refractivity (Wildman–Crippen MR) is 51.7 cm³/mol. The maximum atomic E-state index is 12.9. The monoisotopic (exact) mass is 200 g/mol. The van der Waals surface area contributed by atoms with Crippen molar-refractivity contribution in [2.75, 3.05) is 19.6 Å². The molecule has 1 N–H and O–H groups in total. The summed E-state index contributed by atoms with van der Waals surface area (Å²) in [6.45, 7) is 1.82. The van der Waals surface area contributed by atoms with Gasteiger partial charge in [0.2, 0.25) is 5.91 Å². The first-order chi connectivity index (χ1) is 6.77. The molecule has 2 rings (SSSR count). The molecule has 0 aromatic heterocycles. The number of nitrogens with zero attached hydrogens (tertiary/aromatic N) is 1. The number of amides is 1. The van der Waals surface area contributed by atoms with Crippen LogP contribution in [0.2, 0.25) is 0 Å². The van der Waals surface area contributed by atoms with Crippen LogP contribution < -0.4 is 5.32 Å². The van der Waals surface area contributed by atoms with E-state index in [-0.39, 0.29) is 11.9 Å². The van der Waals surface area contributed by atoms with E-state index in [4.69, 9.17) is 0 Å². The number of carbonyl (C=O) groups is 1. The fraction of sp³-hybridized carbons (Fsp3) is 0.900. The van der Waals surface area contributed by atoms with Crippen LogP contribution in [0.25, 0.3) is 0 Å². The van der Waals surface area contributed by atoms with Crippen molar-refractivity contribution in [3.8, 4) is 0 Å². The van der Waals surface area contributed by atoms with Crippen LogP contribution in [0.3, 0.4) is 0 Å². The Kier molecular flexibility index (Phi) is 3.01. The maximum Gasteiger partial charge on any atom is 0.239 e. The van der Waals surface area contributed by atoms with Crippen LogP contribution in [0.1, 0.15) is 25.7 Å². The number of alkyl halides is 1. The number of hydrogen-bond donors (Lipinski definition) is 1. The Bertz CT molecular complexity index is 209. The molecule has 2 fully saturated rings. The van der Waals surface area contributed by atoms with Crippen LogP contribution in [0, 0.1) is 0 Å². The fourth-order valence-electron chi connectivity index (χ4n) is 2.20. The minimum absolute atomic E-state index is 0.0472. The molecule has 2 aliphatic heterocycles. The van der Waals surface area contributed by atoms with E-state index < -0.39 is 6.17 Å². The second kappa shape index (κ2) is 4.26. The molecule has 0 aliphatic carbocycles. The maximum absolute atomic E-state index is 12.9. The summed E-state index contributed by atoms with van der Waals surface area (Å²) in [5, 5.41) is 3.20. The number of hydrogen-bond acceptors (Lipinski definition) is 2. The van der Waals surface area contributed by atoms with Crippen molar-refractivity contribution in [3.05, 3.63) is 0 Å². The highest BCUT2D eigenvalue weighted by atomic mass is 19.1. The van der Waals surface area contributed by atoms with Gasteiger partial charge < -0.3 is 10.2 Å². The first-order valence-corrected chi connectivity index (χ1v) is 5.43. The van der Waals surface area contributed by atoms with Gasteiger partial charge in [-0.15, -0.1) is 0 Å². The predicted octanol–water partition coefficient (Wildman–Crippen LogP) is 0.699. The van der Waals surface area contributed by atoms with Crippen LogP contribution in [0.5, 0.6) is 0 Å². The summed E-state index contributed by atoms with van der Waals surface area (Å²) in [7, 11) is 0. The highest BCUT2D eigenvalue weighted by Gasteiger charge is 2.31. The van der Waals surface area contributed by atoms with Crippen molar-refractivity contribution >= 4 is 5.91 Å².